The van der Waals surface area contributed by atoms with Gasteiger partial charge in [-0.15, -0.1) is 0 Å². The molecule has 4 heteroatoms. The summed E-state index contributed by atoms with van der Waals surface area (Å²) >= 11 is 0. The fourth-order valence-corrected chi connectivity index (χ4v) is 4.11. The fourth-order valence-electron chi connectivity index (χ4n) is 4.11. The average molecular weight is 369 g/mol. The van der Waals surface area contributed by atoms with Gasteiger partial charge in [0.15, 0.2) is 0 Å². The zero-order valence-electron chi connectivity index (χ0n) is 18.3. The van der Waals surface area contributed by atoms with Crippen molar-refractivity contribution >= 4 is 5.91 Å². The molecular formula is C22H44N2O2. The van der Waals surface area contributed by atoms with Gasteiger partial charge < -0.3 is 15.0 Å². The Hall–Kier alpha value is -0.610. The van der Waals surface area contributed by atoms with Crippen LogP contribution >= 0.6 is 0 Å². The highest BCUT2D eigenvalue weighted by Gasteiger charge is 2.34. The Labute approximate surface area is 162 Å². The van der Waals surface area contributed by atoms with Gasteiger partial charge >= 0.3 is 0 Å². The summed E-state index contributed by atoms with van der Waals surface area (Å²) in [5, 5.41) is 3.17. The lowest BCUT2D eigenvalue weighted by atomic mass is 9.75. The fraction of sp³-hybridized carbons (Fsp3) is 0.955. The van der Waals surface area contributed by atoms with Crippen LogP contribution in [-0.2, 0) is 9.53 Å². The molecule has 1 aliphatic heterocycles. The third-order valence-corrected chi connectivity index (χ3v) is 5.83. The van der Waals surface area contributed by atoms with Crippen molar-refractivity contribution in [1.29, 1.82) is 0 Å². The van der Waals surface area contributed by atoms with Crippen LogP contribution in [0.25, 0.3) is 0 Å². The Bertz CT molecular complexity index is 392. The van der Waals surface area contributed by atoms with Crippen LogP contribution in [0.3, 0.4) is 0 Å². The number of carbonyl (C=O) groups excluding carboxylic acids is 1. The van der Waals surface area contributed by atoms with Crippen LogP contribution in [-0.4, -0.2) is 49.2 Å². The first-order valence-corrected chi connectivity index (χ1v) is 10.9. The predicted octanol–water partition coefficient (Wildman–Crippen LogP) is 4.48. The number of amides is 1. The number of nitrogens with one attached hydrogen (secondary N) is 1. The number of hydrogen-bond acceptors (Lipinski definition) is 3. The molecule has 0 aromatic heterocycles. The lowest BCUT2D eigenvalue weighted by molar-refractivity contribution is -0.124. The molecule has 154 valence electrons. The summed E-state index contributed by atoms with van der Waals surface area (Å²) in [4.78, 5) is 14.9. The van der Waals surface area contributed by atoms with Crippen LogP contribution in [0.5, 0.6) is 0 Å². The molecule has 0 radical (unpaired) electrons. The highest BCUT2D eigenvalue weighted by atomic mass is 16.5. The zero-order valence-corrected chi connectivity index (χ0v) is 18.3. The molecule has 1 saturated heterocycles. The number of carbonyl (C=O) groups is 1. The summed E-state index contributed by atoms with van der Waals surface area (Å²) in [6, 6.07) is 0. The molecular weight excluding hydrogens is 324 g/mol. The predicted molar refractivity (Wildman–Crippen MR) is 110 cm³/mol. The van der Waals surface area contributed by atoms with E-state index in [0.717, 1.165) is 58.5 Å². The van der Waals surface area contributed by atoms with Gasteiger partial charge in [-0.3, -0.25) is 4.79 Å². The summed E-state index contributed by atoms with van der Waals surface area (Å²) in [5.41, 5.74) is -0.0424. The summed E-state index contributed by atoms with van der Waals surface area (Å²) < 4.78 is 5.89. The molecule has 1 rings (SSSR count). The van der Waals surface area contributed by atoms with Crippen molar-refractivity contribution < 1.29 is 9.53 Å². The van der Waals surface area contributed by atoms with E-state index in [-0.39, 0.29) is 11.5 Å². The summed E-state index contributed by atoms with van der Waals surface area (Å²) in [7, 11) is 0. The molecule has 26 heavy (non-hydrogen) atoms. The first-order chi connectivity index (χ1) is 12.3. The van der Waals surface area contributed by atoms with Crippen molar-refractivity contribution in [3.8, 4) is 0 Å². The summed E-state index contributed by atoms with van der Waals surface area (Å²) in [6.45, 7) is 18.2. The van der Waals surface area contributed by atoms with E-state index in [1.807, 2.05) is 0 Å². The van der Waals surface area contributed by atoms with Gasteiger partial charge in [0.1, 0.15) is 0 Å². The van der Waals surface area contributed by atoms with Gasteiger partial charge in [0.25, 0.3) is 0 Å². The number of rotatable bonds is 12. The molecule has 0 aromatic rings. The molecule has 1 heterocycles. The van der Waals surface area contributed by atoms with Crippen LogP contribution in [0, 0.1) is 17.8 Å². The monoisotopic (exact) mass is 368 g/mol. The van der Waals surface area contributed by atoms with Gasteiger partial charge in [0.05, 0.1) is 5.60 Å². The third kappa shape index (κ3) is 9.36. The Morgan fingerprint density at radius 2 is 1.92 bits per heavy atom. The SMILES string of the molecule is CCN(CC)CCCNC(=O)C[C@@H](CCC(C)C)[C@@H]1CCOC(C)(C)C1. The van der Waals surface area contributed by atoms with Crippen LogP contribution in [0.4, 0.5) is 0 Å². The molecule has 0 saturated carbocycles. The van der Waals surface area contributed by atoms with Crippen molar-refractivity contribution in [3.63, 3.8) is 0 Å². The van der Waals surface area contributed by atoms with E-state index >= 15 is 0 Å². The molecule has 1 N–H and O–H groups in total. The maximum Gasteiger partial charge on any atom is 0.220 e. The smallest absolute Gasteiger partial charge is 0.220 e. The molecule has 0 aromatic carbocycles. The van der Waals surface area contributed by atoms with E-state index in [1.54, 1.807) is 0 Å². The van der Waals surface area contributed by atoms with Gasteiger partial charge in [-0.25, -0.2) is 0 Å². The minimum atomic E-state index is -0.0424. The summed E-state index contributed by atoms with van der Waals surface area (Å²) in [5.74, 6) is 2.03. The van der Waals surface area contributed by atoms with Crippen LogP contribution in [0.2, 0.25) is 0 Å². The molecule has 4 nitrogen and oxygen atoms in total. The normalized spacial score (nSPS) is 21.2. The molecule has 1 fully saturated rings. The van der Waals surface area contributed by atoms with E-state index in [9.17, 15) is 4.79 Å². The second-order valence-corrected chi connectivity index (χ2v) is 9.03. The van der Waals surface area contributed by atoms with E-state index in [1.165, 1.54) is 6.42 Å². The minimum absolute atomic E-state index is 0.0424. The highest BCUT2D eigenvalue weighted by Crippen LogP contribution is 2.37. The number of nitrogens with zero attached hydrogens (tertiary/aromatic N) is 1. The Balaban J connectivity index is 2.47. The van der Waals surface area contributed by atoms with E-state index in [4.69, 9.17) is 4.74 Å². The van der Waals surface area contributed by atoms with Gasteiger partial charge in [-0.1, -0.05) is 34.1 Å². The number of hydrogen-bond donors (Lipinski definition) is 1. The third-order valence-electron chi connectivity index (χ3n) is 5.83. The first kappa shape index (κ1) is 23.4. The molecule has 2 atom stereocenters. The lowest BCUT2D eigenvalue weighted by Crippen LogP contribution is -2.38. The van der Waals surface area contributed by atoms with Gasteiger partial charge in [-0.05, 0) is 76.9 Å². The molecule has 1 aliphatic rings. The molecule has 0 spiro atoms. The van der Waals surface area contributed by atoms with Crippen molar-refractivity contribution in [2.75, 3.05) is 32.8 Å². The van der Waals surface area contributed by atoms with Crippen LogP contribution in [0.1, 0.15) is 80.1 Å². The lowest BCUT2D eigenvalue weighted by Gasteiger charge is -2.39. The largest absolute Gasteiger partial charge is 0.376 e. The maximum atomic E-state index is 12.5. The Morgan fingerprint density at radius 3 is 2.50 bits per heavy atom. The Kier molecular flexibility index (Phi) is 10.8. The van der Waals surface area contributed by atoms with E-state index in [2.05, 4.69) is 51.8 Å². The second-order valence-electron chi connectivity index (χ2n) is 9.03. The zero-order chi connectivity index (χ0) is 19.6. The number of ether oxygens (including phenoxy) is 1. The van der Waals surface area contributed by atoms with Crippen LogP contribution < -0.4 is 5.32 Å². The molecule has 0 unspecified atom stereocenters. The Morgan fingerprint density at radius 1 is 1.23 bits per heavy atom. The molecule has 0 aliphatic carbocycles. The van der Waals surface area contributed by atoms with Crippen LogP contribution in [0.15, 0.2) is 0 Å². The maximum absolute atomic E-state index is 12.5. The van der Waals surface area contributed by atoms with E-state index in [0.29, 0.717) is 24.2 Å². The van der Waals surface area contributed by atoms with Crippen molar-refractivity contribution in [2.24, 2.45) is 17.8 Å². The quantitative estimate of drug-likeness (QED) is 0.516. The van der Waals surface area contributed by atoms with Gasteiger partial charge in [-0.2, -0.15) is 0 Å². The van der Waals surface area contributed by atoms with Crippen molar-refractivity contribution in [1.82, 2.24) is 10.2 Å². The average Bonchev–Trinajstić information content (AvgIpc) is 2.57. The van der Waals surface area contributed by atoms with E-state index < -0.39 is 0 Å². The topological polar surface area (TPSA) is 41.6 Å². The molecule has 1 amide bonds. The standard InChI is InChI=1S/C22H44N2O2/c1-7-24(8-2)14-9-13-23-21(25)16-19(11-10-18(3)4)20-12-15-26-22(5,6)17-20/h18-20H,7-17H2,1-6H3,(H,23,25)/t19-,20-/m1/s1. The minimum Gasteiger partial charge on any atom is -0.376 e. The van der Waals surface area contributed by atoms with Gasteiger partial charge in [0, 0.05) is 19.6 Å². The highest BCUT2D eigenvalue weighted by molar-refractivity contribution is 5.76. The van der Waals surface area contributed by atoms with Gasteiger partial charge in [0.2, 0.25) is 5.91 Å². The van der Waals surface area contributed by atoms with Crippen molar-refractivity contribution in [2.45, 2.75) is 85.7 Å². The van der Waals surface area contributed by atoms with Crippen molar-refractivity contribution in [3.05, 3.63) is 0 Å². The second kappa shape index (κ2) is 12.0. The first-order valence-electron chi connectivity index (χ1n) is 10.9. The molecule has 0 bridgehead atoms. The summed E-state index contributed by atoms with van der Waals surface area (Å²) in [6.07, 6.45) is 6.25.